The summed E-state index contributed by atoms with van der Waals surface area (Å²) in [7, 11) is 3.99. The molecule has 3 N–H and O–H groups in total. The molecule has 2 unspecified atom stereocenters. The Kier molecular flexibility index (Phi) is 5.29. The van der Waals surface area contributed by atoms with E-state index < -0.39 is 0 Å². The molecule has 122 valence electrons. The van der Waals surface area contributed by atoms with Crippen LogP contribution in [0.5, 0.6) is 0 Å². The zero-order valence-corrected chi connectivity index (χ0v) is 13.7. The third kappa shape index (κ3) is 3.91. The number of nitrogens with zero attached hydrogens (tertiary/aromatic N) is 1. The van der Waals surface area contributed by atoms with Gasteiger partial charge in [0.05, 0.1) is 6.61 Å². The van der Waals surface area contributed by atoms with Crippen molar-refractivity contribution in [3.63, 3.8) is 0 Å². The van der Waals surface area contributed by atoms with Crippen molar-refractivity contribution in [2.75, 3.05) is 25.6 Å². The Morgan fingerprint density at radius 1 is 1.45 bits per heavy atom. The summed E-state index contributed by atoms with van der Waals surface area (Å²) in [5, 5.41) is 15.4. The van der Waals surface area contributed by atoms with Crippen LogP contribution in [0.15, 0.2) is 24.3 Å². The lowest BCUT2D eigenvalue weighted by Gasteiger charge is -2.30. The van der Waals surface area contributed by atoms with Gasteiger partial charge in [-0.2, -0.15) is 0 Å². The molecule has 1 fully saturated rings. The van der Waals surface area contributed by atoms with Gasteiger partial charge in [0.2, 0.25) is 0 Å². The van der Waals surface area contributed by atoms with Gasteiger partial charge in [-0.1, -0.05) is 25.5 Å². The van der Waals surface area contributed by atoms with Crippen LogP contribution in [0.25, 0.3) is 0 Å². The maximum Gasteiger partial charge on any atom is 0.315 e. The maximum absolute atomic E-state index is 12.1. The van der Waals surface area contributed by atoms with E-state index in [0.29, 0.717) is 6.54 Å². The number of nitrogens with one attached hydrogen (secondary N) is 2. The molecule has 0 bridgehead atoms. The van der Waals surface area contributed by atoms with Crippen molar-refractivity contribution < 1.29 is 9.90 Å². The highest BCUT2D eigenvalue weighted by atomic mass is 16.3. The molecule has 1 saturated carbocycles. The lowest BCUT2D eigenvalue weighted by molar-refractivity contribution is 0.121. The molecular weight excluding hydrogens is 278 g/mol. The van der Waals surface area contributed by atoms with Crippen LogP contribution in [-0.2, 0) is 6.54 Å². The van der Waals surface area contributed by atoms with Gasteiger partial charge >= 0.3 is 6.03 Å². The minimum absolute atomic E-state index is 0.0469. The van der Waals surface area contributed by atoms with E-state index in [2.05, 4.69) is 16.7 Å². The molecular formula is C17H27N3O2. The summed E-state index contributed by atoms with van der Waals surface area (Å²) >= 11 is 0. The fourth-order valence-corrected chi connectivity index (χ4v) is 3.00. The monoisotopic (exact) mass is 305 g/mol. The van der Waals surface area contributed by atoms with E-state index in [-0.39, 0.29) is 24.1 Å². The molecule has 2 amide bonds. The fraction of sp³-hybridized carbons (Fsp3) is 0.588. The van der Waals surface area contributed by atoms with Crippen LogP contribution in [-0.4, -0.2) is 37.9 Å². The van der Waals surface area contributed by atoms with Gasteiger partial charge in [0.25, 0.3) is 0 Å². The standard InChI is InChI=1S/C17H27N3O2/c1-17(12-21)9-5-8-15(17)19-16(22)18-11-13-6-4-7-14(10-13)20(2)3/h4,6-7,10,15,21H,5,8-9,11-12H2,1-3H3,(H2,18,19,22). The van der Waals surface area contributed by atoms with E-state index in [0.717, 1.165) is 30.5 Å². The second-order valence-electron chi connectivity index (χ2n) is 6.65. The first-order valence-electron chi connectivity index (χ1n) is 7.86. The lowest BCUT2D eigenvalue weighted by atomic mass is 9.86. The number of hydrogen-bond acceptors (Lipinski definition) is 3. The molecule has 1 aromatic rings. The molecule has 2 atom stereocenters. The largest absolute Gasteiger partial charge is 0.396 e. The number of carbonyl (C=O) groups is 1. The molecule has 0 aromatic heterocycles. The first kappa shape index (κ1) is 16.6. The van der Waals surface area contributed by atoms with Crippen LogP contribution in [0.3, 0.4) is 0 Å². The first-order valence-corrected chi connectivity index (χ1v) is 7.86. The fourth-order valence-electron chi connectivity index (χ4n) is 3.00. The smallest absolute Gasteiger partial charge is 0.315 e. The summed E-state index contributed by atoms with van der Waals surface area (Å²) in [6.45, 7) is 2.64. The van der Waals surface area contributed by atoms with Crippen molar-refractivity contribution in [1.29, 1.82) is 0 Å². The van der Waals surface area contributed by atoms with Crippen LogP contribution in [0.2, 0.25) is 0 Å². The molecule has 0 aliphatic heterocycles. The third-order valence-corrected chi connectivity index (χ3v) is 4.63. The molecule has 0 saturated heterocycles. The van der Waals surface area contributed by atoms with Gasteiger partial charge in [0.15, 0.2) is 0 Å². The average molecular weight is 305 g/mol. The molecule has 1 aromatic carbocycles. The van der Waals surface area contributed by atoms with Crippen LogP contribution in [0.4, 0.5) is 10.5 Å². The summed E-state index contributed by atoms with van der Waals surface area (Å²) in [5.41, 5.74) is 1.99. The van der Waals surface area contributed by atoms with Crippen molar-refractivity contribution in [3.05, 3.63) is 29.8 Å². The van der Waals surface area contributed by atoms with Crippen molar-refractivity contribution in [2.45, 2.75) is 38.8 Å². The number of carbonyl (C=O) groups excluding carboxylic acids is 1. The van der Waals surface area contributed by atoms with Crippen molar-refractivity contribution >= 4 is 11.7 Å². The van der Waals surface area contributed by atoms with Crippen LogP contribution in [0, 0.1) is 5.41 Å². The predicted molar refractivity (Wildman–Crippen MR) is 89.0 cm³/mol. The quantitative estimate of drug-likeness (QED) is 0.780. The van der Waals surface area contributed by atoms with Gasteiger partial charge < -0.3 is 20.6 Å². The Morgan fingerprint density at radius 3 is 2.91 bits per heavy atom. The molecule has 0 spiro atoms. The van der Waals surface area contributed by atoms with E-state index in [1.807, 2.05) is 44.1 Å². The Labute approximate surface area is 132 Å². The highest BCUT2D eigenvalue weighted by Crippen LogP contribution is 2.37. The molecule has 22 heavy (non-hydrogen) atoms. The third-order valence-electron chi connectivity index (χ3n) is 4.63. The molecule has 2 rings (SSSR count). The van der Waals surface area contributed by atoms with E-state index >= 15 is 0 Å². The normalized spacial score (nSPS) is 24.1. The maximum atomic E-state index is 12.1. The summed E-state index contributed by atoms with van der Waals surface area (Å²) in [6, 6.07) is 7.97. The second kappa shape index (κ2) is 7.01. The van der Waals surface area contributed by atoms with Crippen molar-refractivity contribution in [3.8, 4) is 0 Å². The molecule has 0 heterocycles. The van der Waals surface area contributed by atoms with Gasteiger partial charge in [0.1, 0.15) is 0 Å². The summed E-state index contributed by atoms with van der Waals surface area (Å²) in [4.78, 5) is 14.1. The average Bonchev–Trinajstić information content (AvgIpc) is 2.87. The number of aliphatic hydroxyl groups is 1. The van der Waals surface area contributed by atoms with Gasteiger partial charge in [0, 0.05) is 37.8 Å². The second-order valence-corrected chi connectivity index (χ2v) is 6.65. The lowest BCUT2D eigenvalue weighted by Crippen LogP contribution is -2.48. The van der Waals surface area contributed by atoms with Gasteiger partial charge in [-0.15, -0.1) is 0 Å². The van der Waals surface area contributed by atoms with Crippen molar-refractivity contribution in [1.82, 2.24) is 10.6 Å². The number of rotatable bonds is 5. The highest BCUT2D eigenvalue weighted by Gasteiger charge is 2.39. The minimum Gasteiger partial charge on any atom is -0.396 e. The minimum atomic E-state index is -0.192. The summed E-state index contributed by atoms with van der Waals surface area (Å²) < 4.78 is 0. The number of benzene rings is 1. The Bertz CT molecular complexity index is 518. The Hall–Kier alpha value is -1.75. The summed E-state index contributed by atoms with van der Waals surface area (Å²) in [5.74, 6) is 0. The van der Waals surface area contributed by atoms with E-state index in [1.54, 1.807) is 0 Å². The van der Waals surface area contributed by atoms with Gasteiger partial charge in [-0.05, 0) is 30.5 Å². The SMILES string of the molecule is CN(C)c1cccc(CNC(=O)NC2CCCC2(C)CO)c1. The topological polar surface area (TPSA) is 64.6 Å². The first-order chi connectivity index (χ1) is 10.4. The van der Waals surface area contributed by atoms with E-state index in [1.165, 1.54) is 0 Å². The number of aliphatic hydroxyl groups excluding tert-OH is 1. The van der Waals surface area contributed by atoms with Gasteiger partial charge in [-0.25, -0.2) is 4.79 Å². The highest BCUT2D eigenvalue weighted by molar-refractivity contribution is 5.74. The number of urea groups is 1. The summed E-state index contributed by atoms with van der Waals surface area (Å²) in [6.07, 6.45) is 2.94. The van der Waals surface area contributed by atoms with Crippen LogP contribution in [0.1, 0.15) is 31.7 Å². The predicted octanol–water partition coefficient (Wildman–Crippen LogP) is 2.10. The van der Waals surface area contributed by atoms with E-state index in [9.17, 15) is 9.90 Å². The van der Waals surface area contributed by atoms with Crippen LogP contribution < -0.4 is 15.5 Å². The number of hydrogen-bond donors (Lipinski definition) is 3. The Morgan fingerprint density at radius 2 is 2.23 bits per heavy atom. The molecule has 1 aliphatic carbocycles. The molecule has 5 heteroatoms. The van der Waals surface area contributed by atoms with Crippen molar-refractivity contribution in [2.24, 2.45) is 5.41 Å². The molecule has 0 radical (unpaired) electrons. The molecule has 1 aliphatic rings. The Balaban J connectivity index is 1.87. The number of anilines is 1. The van der Waals surface area contributed by atoms with Gasteiger partial charge in [-0.3, -0.25) is 0 Å². The number of amides is 2. The van der Waals surface area contributed by atoms with E-state index in [4.69, 9.17) is 0 Å². The zero-order valence-electron chi connectivity index (χ0n) is 13.7. The van der Waals surface area contributed by atoms with Crippen LogP contribution >= 0.6 is 0 Å². The zero-order chi connectivity index (χ0) is 16.2. The molecule has 5 nitrogen and oxygen atoms in total.